The molecular formula is C39H47N3O5. The molecule has 1 aliphatic carbocycles. The van der Waals surface area contributed by atoms with Crippen molar-refractivity contribution in [3.63, 3.8) is 0 Å². The minimum absolute atomic E-state index is 0.0524. The quantitative estimate of drug-likeness (QED) is 0.371. The van der Waals surface area contributed by atoms with Gasteiger partial charge in [-0.1, -0.05) is 42.5 Å². The zero-order valence-corrected chi connectivity index (χ0v) is 27.6. The highest BCUT2D eigenvalue weighted by atomic mass is 16.7. The average Bonchev–Trinajstić information content (AvgIpc) is 3.77. The van der Waals surface area contributed by atoms with Crippen molar-refractivity contribution in [2.24, 2.45) is 17.8 Å². The van der Waals surface area contributed by atoms with Gasteiger partial charge < -0.3 is 24.6 Å². The monoisotopic (exact) mass is 637 g/mol. The molecule has 0 spiro atoms. The van der Waals surface area contributed by atoms with Crippen LogP contribution in [-0.2, 0) is 32.0 Å². The van der Waals surface area contributed by atoms with Crippen LogP contribution in [0.1, 0.15) is 80.9 Å². The molecule has 3 aromatic rings. The number of piperidine rings is 1. The summed E-state index contributed by atoms with van der Waals surface area (Å²) in [7, 11) is 2.15. The van der Waals surface area contributed by atoms with Gasteiger partial charge in [-0.2, -0.15) is 0 Å². The number of nitrogens with zero attached hydrogens (tertiary/aromatic N) is 2. The largest absolute Gasteiger partial charge is 0.363 e. The van der Waals surface area contributed by atoms with Crippen LogP contribution in [0.5, 0.6) is 0 Å². The molecule has 1 unspecified atom stereocenters. The van der Waals surface area contributed by atoms with E-state index in [0.29, 0.717) is 63.5 Å². The molecule has 47 heavy (non-hydrogen) atoms. The van der Waals surface area contributed by atoms with E-state index >= 15 is 0 Å². The van der Waals surface area contributed by atoms with Gasteiger partial charge in [-0.15, -0.1) is 0 Å². The van der Waals surface area contributed by atoms with Crippen LogP contribution in [0.3, 0.4) is 0 Å². The molecule has 8 atom stereocenters. The van der Waals surface area contributed by atoms with Crippen LogP contribution in [0, 0.1) is 17.8 Å². The zero-order valence-electron chi connectivity index (χ0n) is 27.6. The Morgan fingerprint density at radius 1 is 1.09 bits per heavy atom. The fraction of sp³-hybridized carbons (Fsp3) is 0.564. The normalized spacial score (nSPS) is 35.3. The third-order valence-corrected chi connectivity index (χ3v) is 12.5. The smallest absolute Gasteiger partial charge is 0.226 e. The lowest BCUT2D eigenvalue weighted by Gasteiger charge is -2.45. The number of carbonyl (C=O) groups is 3. The fourth-order valence-electron chi connectivity index (χ4n) is 10.1. The highest BCUT2D eigenvalue weighted by molar-refractivity contribution is 5.93. The molecule has 4 fully saturated rings. The first kappa shape index (κ1) is 31.0. The summed E-state index contributed by atoms with van der Waals surface area (Å²) in [5, 5.41) is 13.5. The summed E-state index contributed by atoms with van der Waals surface area (Å²) in [5.74, 6) is -2.12. The van der Waals surface area contributed by atoms with Crippen molar-refractivity contribution in [3.05, 3.63) is 71.4 Å². The van der Waals surface area contributed by atoms with E-state index < -0.39 is 23.3 Å². The summed E-state index contributed by atoms with van der Waals surface area (Å²) in [6.07, 6.45) is 8.26. The predicted molar refractivity (Wildman–Crippen MR) is 179 cm³/mol. The standard InChI is InChI=1S/C39H47N3O5/c1-38(17-7-13-33(43)27-20-29-28-11-6-12-31-35(28)26(22-40-31)21-32(29)41(2)23-27)36(44)30-16-15-25(19-24-9-4-3-5-10-24)37(45)42-18-8-14-34(42)39(30,46)47-38/h3-6,9-12,22,25,27,29-30,32,34,40,46H,7-8,13-21,23H2,1-2H3/t25-,27+,29+,30?,32+,34-,38-,39+/m0/s1. The Kier molecular flexibility index (Phi) is 7.69. The van der Waals surface area contributed by atoms with Gasteiger partial charge in [0.25, 0.3) is 0 Å². The summed E-state index contributed by atoms with van der Waals surface area (Å²) in [6, 6.07) is 16.4. The second-order valence-corrected chi connectivity index (χ2v) is 15.3. The number of likely N-dealkylation sites (tertiary alicyclic amines) is 1. The third kappa shape index (κ3) is 5.10. The summed E-state index contributed by atoms with van der Waals surface area (Å²) in [6.45, 7) is 3.12. The van der Waals surface area contributed by atoms with Crippen molar-refractivity contribution >= 4 is 28.4 Å². The van der Waals surface area contributed by atoms with E-state index in [1.54, 1.807) is 11.8 Å². The van der Waals surface area contributed by atoms with Crippen LogP contribution >= 0.6 is 0 Å². The molecule has 1 amide bonds. The molecule has 0 bridgehead atoms. The van der Waals surface area contributed by atoms with Crippen LogP contribution in [0.2, 0.25) is 0 Å². The molecular weight excluding hydrogens is 590 g/mol. The van der Waals surface area contributed by atoms with Crippen molar-refractivity contribution in [2.45, 2.75) is 101 Å². The first-order valence-electron chi connectivity index (χ1n) is 17.8. The maximum absolute atomic E-state index is 14.1. The second-order valence-electron chi connectivity index (χ2n) is 15.3. The van der Waals surface area contributed by atoms with Gasteiger partial charge in [0.05, 0.1) is 12.0 Å². The van der Waals surface area contributed by atoms with Crippen molar-refractivity contribution in [3.8, 4) is 0 Å². The number of nitrogens with one attached hydrogen (secondary N) is 1. The number of rotatable bonds is 7. The number of aromatic nitrogens is 1. The number of amides is 1. The van der Waals surface area contributed by atoms with E-state index in [4.69, 9.17) is 4.74 Å². The number of hydrogen-bond donors (Lipinski definition) is 2. The lowest BCUT2D eigenvalue weighted by molar-refractivity contribution is -0.266. The summed E-state index contributed by atoms with van der Waals surface area (Å²) in [5.41, 5.74) is 3.81. The van der Waals surface area contributed by atoms with Crippen molar-refractivity contribution in [1.29, 1.82) is 0 Å². The molecule has 0 saturated carbocycles. The number of likely N-dealkylation sites (N-methyl/N-ethyl adjacent to an activating group) is 1. The maximum Gasteiger partial charge on any atom is 0.226 e. The van der Waals surface area contributed by atoms with Crippen molar-refractivity contribution in [1.82, 2.24) is 14.8 Å². The number of Topliss-reactive ketones (excluding diaryl/α,β-unsaturated/α-hetero) is 2. The SMILES string of the molecule is CN1C[C@H](C(=O)CCC[C@]2(C)O[C@]3(O)C(CC[C@@H](Cc4ccccc4)C(=O)N4CCC[C@H]43)C2=O)C[C@@H]2c3cccc4[nH]cc(c34)C[C@H]21. The first-order chi connectivity index (χ1) is 22.7. The number of ether oxygens (including phenoxy) is 1. The number of hydrogen-bond acceptors (Lipinski definition) is 6. The van der Waals surface area contributed by atoms with Crippen LogP contribution < -0.4 is 0 Å². The van der Waals surface area contributed by atoms with Gasteiger partial charge in [0.1, 0.15) is 11.4 Å². The minimum atomic E-state index is -1.69. The molecule has 4 saturated heterocycles. The Hall–Kier alpha value is -3.33. The number of ketones is 2. The van der Waals surface area contributed by atoms with E-state index in [0.717, 1.165) is 31.4 Å². The third-order valence-electron chi connectivity index (χ3n) is 12.5. The van der Waals surface area contributed by atoms with Gasteiger partial charge in [-0.3, -0.25) is 14.4 Å². The summed E-state index contributed by atoms with van der Waals surface area (Å²) in [4.78, 5) is 49.3. The number of H-pyrrole nitrogens is 1. The lowest BCUT2D eigenvalue weighted by atomic mass is 9.71. The van der Waals surface area contributed by atoms with Crippen LogP contribution in [0.4, 0.5) is 0 Å². The van der Waals surface area contributed by atoms with Crippen molar-refractivity contribution < 1.29 is 24.2 Å². The number of fused-ring (bicyclic) bond motifs is 5. The molecule has 0 radical (unpaired) electrons. The minimum Gasteiger partial charge on any atom is -0.363 e. The van der Waals surface area contributed by atoms with E-state index in [1.807, 2.05) is 30.3 Å². The van der Waals surface area contributed by atoms with E-state index in [2.05, 4.69) is 41.3 Å². The highest BCUT2D eigenvalue weighted by Crippen LogP contribution is 2.50. The van der Waals surface area contributed by atoms with Gasteiger partial charge >= 0.3 is 0 Å². The number of benzene rings is 2. The van der Waals surface area contributed by atoms with E-state index in [-0.39, 0.29) is 29.3 Å². The van der Waals surface area contributed by atoms with Gasteiger partial charge in [-0.25, -0.2) is 0 Å². The Labute approximate surface area is 276 Å². The van der Waals surface area contributed by atoms with Crippen LogP contribution in [-0.4, -0.2) is 81.0 Å². The van der Waals surface area contributed by atoms with Gasteiger partial charge in [0, 0.05) is 60.4 Å². The zero-order chi connectivity index (χ0) is 32.5. The number of carbonyl (C=O) groups excluding carboxylic acids is 3. The van der Waals surface area contributed by atoms with Crippen LogP contribution in [0.25, 0.3) is 10.9 Å². The Bertz CT molecular complexity index is 1700. The maximum atomic E-state index is 14.1. The van der Waals surface area contributed by atoms with Crippen LogP contribution in [0.15, 0.2) is 54.7 Å². The van der Waals surface area contributed by atoms with Gasteiger partial charge in [0.15, 0.2) is 11.6 Å². The number of aromatic amines is 1. The van der Waals surface area contributed by atoms with E-state index in [1.165, 1.54) is 22.0 Å². The Morgan fingerprint density at radius 3 is 2.74 bits per heavy atom. The first-order valence-corrected chi connectivity index (χ1v) is 17.8. The molecule has 2 aromatic carbocycles. The molecule has 5 heterocycles. The average molecular weight is 638 g/mol. The van der Waals surface area contributed by atoms with Gasteiger partial charge in [-0.05, 0) is 94.5 Å². The molecule has 8 rings (SSSR count). The number of aliphatic hydroxyl groups is 1. The van der Waals surface area contributed by atoms with Crippen molar-refractivity contribution in [2.75, 3.05) is 20.1 Å². The topological polar surface area (TPSA) is 103 Å². The molecule has 4 aliphatic heterocycles. The molecule has 8 heteroatoms. The molecule has 1 aromatic heterocycles. The highest BCUT2D eigenvalue weighted by Gasteiger charge is 2.65. The molecule has 2 N–H and O–H groups in total. The molecule has 5 aliphatic rings. The lowest BCUT2D eigenvalue weighted by Crippen LogP contribution is -2.58. The van der Waals surface area contributed by atoms with Gasteiger partial charge in [0.2, 0.25) is 5.91 Å². The Balaban J connectivity index is 0.947. The fourth-order valence-corrected chi connectivity index (χ4v) is 10.1. The molecule has 248 valence electrons. The second kappa shape index (κ2) is 11.7. The van der Waals surface area contributed by atoms with E-state index in [9.17, 15) is 19.5 Å². The summed E-state index contributed by atoms with van der Waals surface area (Å²) < 4.78 is 6.47. The molecule has 8 nitrogen and oxygen atoms in total. The summed E-state index contributed by atoms with van der Waals surface area (Å²) >= 11 is 0. The Morgan fingerprint density at radius 2 is 1.91 bits per heavy atom. The predicted octanol–water partition coefficient (Wildman–Crippen LogP) is 5.17.